The van der Waals surface area contributed by atoms with Crippen molar-refractivity contribution in [2.24, 2.45) is 5.73 Å². The van der Waals surface area contributed by atoms with Crippen LogP contribution in [-0.2, 0) is 0 Å². The van der Waals surface area contributed by atoms with E-state index in [1.807, 2.05) is 0 Å². The van der Waals surface area contributed by atoms with E-state index in [1.54, 1.807) is 0 Å². The van der Waals surface area contributed by atoms with E-state index in [9.17, 15) is 5.11 Å². The van der Waals surface area contributed by atoms with Gasteiger partial charge in [0.05, 0.1) is 0 Å². The minimum Gasteiger partial charge on any atom is -0.867 e. The van der Waals surface area contributed by atoms with E-state index in [0.717, 1.165) is 0 Å². The smallest absolute Gasteiger partial charge is 0.867 e. The third-order valence-corrected chi connectivity index (χ3v) is 0.333. The summed E-state index contributed by atoms with van der Waals surface area (Å²) in [6.07, 6.45) is 0. The van der Waals surface area contributed by atoms with E-state index in [1.165, 1.54) is 0 Å². The van der Waals surface area contributed by atoms with Gasteiger partial charge in [0.15, 0.2) is 0 Å². The zero-order valence-electron chi connectivity index (χ0n) is 3.60. The zero-order chi connectivity index (χ0) is 4.28. The van der Waals surface area contributed by atoms with Crippen LogP contribution >= 0.6 is 12.2 Å². The average Bonchev–Trinajstić information content (AvgIpc) is 1.38. The Kier molecular flexibility index (Phi) is 11.3. The van der Waals surface area contributed by atoms with Gasteiger partial charge in [0.2, 0.25) is 0 Å². The molecule has 0 aliphatic rings. The fraction of sp³-hybridized carbons (Fsp3) is 0.500. The van der Waals surface area contributed by atoms with Crippen molar-refractivity contribution in [3.8, 4) is 0 Å². The molecule has 0 unspecified atom stereocenters. The van der Waals surface area contributed by atoms with Crippen molar-refractivity contribution in [2.75, 3.05) is 6.54 Å². The second-order valence-corrected chi connectivity index (χ2v) is 1.03. The van der Waals surface area contributed by atoms with Gasteiger partial charge in [0, 0.05) is 6.54 Å². The molecular formula is C2H4KNOS. The second kappa shape index (κ2) is 6.49. The maximum absolute atomic E-state index is 9.50. The Morgan fingerprint density at radius 2 is 2.00 bits per heavy atom. The quantitative estimate of drug-likeness (QED) is 0.287. The van der Waals surface area contributed by atoms with Crippen LogP contribution in [0.3, 0.4) is 0 Å². The molecule has 0 saturated heterocycles. The van der Waals surface area contributed by atoms with Crippen molar-refractivity contribution < 1.29 is 56.5 Å². The van der Waals surface area contributed by atoms with Crippen LogP contribution in [0.5, 0.6) is 0 Å². The Labute approximate surface area is 84.5 Å². The fourth-order valence-electron chi connectivity index (χ4n) is 0. The Bertz CT molecular complexity index is 48.8. The van der Waals surface area contributed by atoms with E-state index in [-0.39, 0.29) is 63.0 Å². The number of thiocarbonyl (C=S) groups is 1. The molecule has 0 aromatic heterocycles. The maximum atomic E-state index is 9.50. The second-order valence-electron chi connectivity index (χ2n) is 0.576. The molecule has 0 atom stereocenters. The third-order valence-electron chi connectivity index (χ3n) is 0.167. The van der Waals surface area contributed by atoms with Crippen LogP contribution in [0.4, 0.5) is 0 Å². The SMILES string of the molecule is NCC([O-])=S.[K+]. The topological polar surface area (TPSA) is 49.1 Å². The summed E-state index contributed by atoms with van der Waals surface area (Å²) in [5.41, 5.74) is 4.72. The molecule has 4 heteroatoms. The molecule has 0 saturated carbocycles. The van der Waals surface area contributed by atoms with Gasteiger partial charge in [-0.15, -0.1) is 12.2 Å². The molecule has 0 aliphatic heterocycles. The molecule has 30 valence electrons. The molecule has 0 aromatic rings. The summed E-state index contributed by atoms with van der Waals surface area (Å²) in [6, 6.07) is 0. The van der Waals surface area contributed by atoms with Gasteiger partial charge in [-0.3, -0.25) is 0 Å². The first-order valence-corrected chi connectivity index (χ1v) is 1.58. The van der Waals surface area contributed by atoms with Gasteiger partial charge in [-0.2, -0.15) is 0 Å². The van der Waals surface area contributed by atoms with Gasteiger partial charge in [-0.1, -0.05) is 5.05 Å². The Morgan fingerprint density at radius 1 is 1.83 bits per heavy atom. The van der Waals surface area contributed by atoms with E-state index >= 15 is 0 Å². The number of rotatable bonds is 1. The normalized spacial score (nSPS) is 6.17. The molecule has 0 fully saturated rings. The largest absolute Gasteiger partial charge is 1.00 e. The van der Waals surface area contributed by atoms with Gasteiger partial charge in [-0.25, -0.2) is 0 Å². The summed E-state index contributed by atoms with van der Waals surface area (Å²) in [5, 5.41) is 9.12. The number of hydrogen-bond acceptors (Lipinski definition) is 3. The van der Waals surface area contributed by atoms with E-state index in [0.29, 0.717) is 0 Å². The molecule has 0 amide bonds. The zero-order valence-corrected chi connectivity index (χ0v) is 7.54. The standard InChI is InChI=1S/C2H5NOS.K/c3-1-2(4)5;/h1,3H2,(H,4,5);/q;+1/p-1. The van der Waals surface area contributed by atoms with Crippen molar-refractivity contribution in [1.29, 1.82) is 0 Å². The van der Waals surface area contributed by atoms with Crippen molar-refractivity contribution in [3.63, 3.8) is 0 Å². The van der Waals surface area contributed by atoms with Gasteiger partial charge >= 0.3 is 51.4 Å². The van der Waals surface area contributed by atoms with Gasteiger partial charge in [0.25, 0.3) is 0 Å². The average molecular weight is 129 g/mol. The summed E-state index contributed by atoms with van der Waals surface area (Å²) >= 11 is 4.02. The molecule has 2 nitrogen and oxygen atoms in total. The molecule has 0 aromatic carbocycles. The van der Waals surface area contributed by atoms with Crippen LogP contribution in [0.15, 0.2) is 0 Å². The van der Waals surface area contributed by atoms with Crippen LogP contribution < -0.4 is 62.2 Å². The first-order chi connectivity index (χ1) is 2.27. The summed E-state index contributed by atoms with van der Waals surface area (Å²) in [7, 11) is 0. The van der Waals surface area contributed by atoms with Crippen LogP contribution in [0.25, 0.3) is 0 Å². The molecule has 0 radical (unpaired) electrons. The van der Waals surface area contributed by atoms with Crippen molar-refractivity contribution in [3.05, 3.63) is 0 Å². The van der Waals surface area contributed by atoms with Crippen molar-refractivity contribution in [1.82, 2.24) is 0 Å². The molecule has 2 N–H and O–H groups in total. The molecular weight excluding hydrogens is 125 g/mol. The molecule has 0 heterocycles. The molecule has 0 bridgehead atoms. The van der Waals surface area contributed by atoms with Crippen LogP contribution in [0.2, 0.25) is 0 Å². The number of nitrogens with two attached hydrogens (primary N) is 1. The summed E-state index contributed by atoms with van der Waals surface area (Å²) in [6.45, 7) is -0.0185. The molecule has 0 aliphatic carbocycles. The third kappa shape index (κ3) is 9.09. The summed E-state index contributed by atoms with van der Waals surface area (Å²) in [4.78, 5) is 0. The van der Waals surface area contributed by atoms with Gasteiger partial charge in [-0.05, 0) is 0 Å². The molecule has 0 rings (SSSR count). The summed E-state index contributed by atoms with van der Waals surface area (Å²) in [5.74, 6) is 0. The Morgan fingerprint density at radius 3 is 2.00 bits per heavy atom. The first kappa shape index (κ1) is 10.5. The van der Waals surface area contributed by atoms with E-state index in [2.05, 4.69) is 12.2 Å². The first-order valence-electron chi connectivity index (χ1n) is 1.17. The van der Waals surface area contributed by atoms with Crippen LogP contribution in [0.1, 0.15) is 0 Å². The van der Waals surface area contributed by atoms with Crippen LogP contribution in [-0.4, -0.2) is 11.6 Å². The number of hydrogen-bond donors (Lipinski definition) is 1. The van der Waals surface area contributed by atoms with Gasteiger partial charge < -0.3 is 10.8 Å². The predicted octanol–water partition coefficient (Wildman–Crippen LogP) is -4.36. The van der Waals surface area contributed by atoms with Gasteiger partial charge in [0.1, 0.15) is 0 Å². The molecule has 6 heavy (non-hydrogen) atoms. The predicted molar refractivity (Wildman–Crippen MR) is 21.7 cm³/mol. The van der Waals surface area contributed by atoms with E-state index in [4.69, 9.17) is 5.73 Å². The Balaban J connectivity index is 0. The summed E-state index contributed by atoms with van der Waals surface area (Å²) < 4.78 is 0. The Hall–Kier alpha value is 1.49. The maximum Gasteiger partial charge on any atom is 1.00 e. The van der Waals surface area contributed by atoms with Crippen LogP contribution in [0, 0.1) is 0 Å². The monoisotopic (exact) mass is 129 g/mol. The van der Waals surface area contributed by atoms with Crippen molar-refractivity contribution in [2.45, 2.75) is 0 Å². The van der Waals surface area contributed by atoms with E-state index < -0.39 is 0 Å². The molecule has 0 spiro atoms. The minimum absolute atomic E-state index is 0. The van der Waals surface area contributed by atoms with Crippen molar-refractivity contribution >= 4 is 17.3 Å². The minimum atomic E-state index is -0.384. The fourth-order valence-corrected chi connectivity index (χ4v) is 0.